The fourth-order valence-corrected chi connectivity index (χ4v) is 1.20. The number of para-hydroxylation sites is 1. The molecular formula is C11H11ClO3. The van der Waals surface area contributed by atoms with Crippen molar-refractivity contribution in [1.82, 2.24) is 0 Å². The summed E-state index contributed by atoms with van der Waals surface area (Å²) in [6, 6.07) is 7.10. The minimum Gasteiger partial charge on any atom is -0.504 e. The molecule has 0 saturated heterocycles. The maximum Gasteiger partial charge on any atom is 0.339 e. The summed E-state index contributed by atoms with van der Waals surface area (Å²) in [4.78, 5) is 11.2. The lowest BCUT2D eigenvalue weighted by atomic mass is 10.2. The molecule has 1 aromatic carbocycles. The maximum atomic E-state index is 11.2. The van der Waals surface area contributed by atoms with Gasteiger partial charge in [-0.1, -0.05) is 18.2 Å². The van der Waals surface area contributed by atoms with E-state index in [4.69, 9.17) is 16.3 Å². The van der Waals surface area contributed by atoms with E-state index in [-0.39, 0.29) is 0 Å². The van der Waals surface area contributed by atoms with Crippen LogP contribution in [-0.2, 0) is 15.4 Å². The zero-order valence-electron chi connectivity index (χ0n) is 8.27. The van der Waals surface area contributed by atoms with E-state index >= 15 is 0 Å². The van der Waals surface area contributed by atoms with Crippen molar-refractivity contribution in [2.45, 2.75) is 5.88 Å². The van der Waals surface area contributed by atoms with E-state index in [0.29, 0.717) is 11.6 Å². The van der Waals surface area contributed by atoms with Crippen LogP contribution in [0.4, 0.5) is 0 Å². The molecule has 15 heavy (non-hydrogen) atoms. The quantitative estimate of drug-likeness (QED) is 0.260. The molecule has 0 fully saturated rings. The lowest BCUT2D eigenvalue weighted by Gasteiger charge is -2.05. The van der Waals surface area contributed by atoms with Crippen LogP contribution in [0.25, 0.3) is 0 Å². The number of hydrogen-bond acceptors (Lipinski definition) is 3. The third-order valence-corrected chi connectivity index (χ3v) is 1.96. The monoisotopic (exact) mass is 226 g/mol. The molecule has 0 aromatic heterocycles. The van der Waals surface area contributed by atoms with Gasteiger partial charge in [-0.2, -0.15) is 0 Å². The van der Waals surface area contributed by atoms with Crippen LogP contribution in [0.5, 0.6) is 5.75 Å². The van der Waals surface area contributed by atoms with Crippen LogP contribution in [0.2, 0.25) is 0 Å². The molecule has 0 heterocycles. The minimum atomic E-state index is -0.491. The Bertz CT molecular complexity index is 361. The van der Waals surface area contributed by atoms with Crippen LogP contribution >= 0.6 is 11.6 Å². The van der Waals surface area contributed by atoms with Crippen molar-refractivity contribution in [3.05, 3.63) is 42.2 Å². The van der Waals surface area contributed by atoms with Crippen LogP contribution in [0.15, 0.2) is 36.6 Å². The fourth-order valence-electron chi connectivity index (χ4n) is 0.980. The Hall–Kier alpha value is -1.48. The second-order valence-corrected chi connectivity index (χ2v) is 2.97. The number of esters is 1. The van der Waals surface area contributed by atoms with Crippen LogP contribution in [0.3, 0.4) is 0 Å². The topological polar surface area (TPSA) is 35.5 Å². The first-order chi connectivity index (χ1) is 7.27. The second-order valence-electron chi connectivity index (χ2n) is 2.70. The largest absolute Gasteiger partial charge is 0.504 e. The summed E-state index contributed by atoms with van der Waals surface area (Å²) in [7, 11) is 1.45. The highest BCUT2D eigenvalue weighted by Crippen LogP contribution is 2.19. The molecule has 0 N–H and O–H groups in total. The Morgan fingerprint density at radius 3 is 2.87 bits per heavy atom. The van der Waals surface area contributed by atoms with Crippen molar-refractivity contribution >= 4 is 17.6 Å². The zero-order chi connectivity index (χ0) is 11.1. The van der Waals surface area contributed by atoms with Gasteiger partial charge in [0.1, 0.15) is 5.75 Å². The second kappa shape index (κ2) is 6.09. The normalized spacial score (nSPS) is 10.3. The van der Waals surface area contributed by atoms with E-state index in [9.17, 15) is 4.79 Å². The molecule has 0 atom stereocenters. The average Bonchev–Trinajstić information content (AvgIpc) is 2.27. The van der Waals surface area contributed by atoms with E-state index in [1.807, 2.05) is 6.07 Å². The summed E-state index contributed by atoms with van der Waals surface area (Å²) in [5.74, 6) is 0.282. The molecule has 0 unspecified atom stereocenters. The van der Waals surface area contributed by atoms with Gasteiger partial charge < -0.3 is 9.47 Å². The van der Waals surface area contributed by atoms with Crippen molar-refractivity contribution in [2.24, 2.45) is 0 Å². The first kappa shape index (κ1) is 11.6. The van der Waals surface area contributed by atoms with Gasteiger partial charge in [0.2, 0.25) is 0 Å². The van der Waals surface area contributed by atoms with E-state index in [1.165, 1.54) is 19.4 Å². The summed E-state index contributed by atoms with van der Waals surface area (Å²) in [6.45, 7) is 0. The summed E-state index contributed by atoms with van der Waals surface area (Å²) in [5.41, 5.74) is 0.776. The van der Waals surface area contributed by atoms with E-state index < -0.39 is 5.97 Å². The number of carbonyl (C=O) groups excluding carboxylic acids is 1. The molecule has 0 aliphatic heterocycles. The molecule has 0 bridgehead atoms. The van der Waals surface area contributed by atoms with Crippen molar-refractivity contribution in [3.63, 3.8) is 0 Å². The van der Waals surface area contributed by atoms with E-state index in [2.05, 4.69) is 4.74 Å². The standard InChI is InChI=1S/C11H11ClO3/c1-14-7-6-11(13)15-10-5-3-2-4-9(10)8-12/h2-7H,8H2,1H3. The number of methoxy groups -OCH3 is 1. The van der Waals surface area contributed by atoms with Gasteiger partial charge in [-0.3, -0.25) is 0 Å². The predicted octanol–water partition coefficient (Wildman–Crippen LogP) is 2.49. The van der Waals surface area contributed by atoms with Gasteiger partial charge in [-0.05, 0) is 6.07 Å². The number of ether oxygens (including phenoxy) is 2. The van der Waals surface area contributed by atoms with Crippen molar-refractivity contribution in [2.75, 3.05) is 7.11 Å². The third kappa shape index (κ3) is 3.64. The Labute approximate surface area is 93.3 Å². The number of rotatable bonds is 4. The first-order valence-electron chi connectivity index (χ1n) is 4.33. The molecule has 0 radical (unpaired) electrons. The molecular weight excluding hydrogens is 216 g/mol. The molecule has 80 valence electrons. The fraction of sp³-hybridized carbons (Fsp3) is 0.182. The van der Waals surface area contributed by atoms with Crippen LogP contribution in [-0.4, -0.2) is 13.1 Å². The summed E-state index contributed by atoms with van der Waals surface area (Å²) >= 11 is 5.69. The molecule has 4 heteroatoms. The molecule has 0 aliphatic rings. The molecule has 1 rings (SSSR count). The third-order valence-electron chi connectivity index (χ3n) is 1.67. The number of benzene rings is 1. The Balaban J connectivity index is 2.71. The molecule has 0 amide bonds. The Kier molecular flexibility index (Phi) is 4.71. The molecule has 0 saturated carbocycles. The van der Waals surface area contributed by atoms with E-state index in [1.54, 1.807) is 18.2 Å². The highest BCUT2D eigenvalue weighted by atomic mass is 35.5. The molecule has 1 aromatic rings. The van der Waals surface area contributed by atoms with Crippen molar-refractivity contribution in [1.29, 1.82) is 0 Å². The van der Waals surface area contributed by atoms with E-state index in [0.717, 1.165) is 5.56 Å². The van der Waals surface area contributed by atoms with Gasteiger partial charge in [0, 0.05) is 5.56 Å². The summed E-state index contributed by atoms with van der Waals surface area (Å²) < 4.78 is 9.65. The van der Waals surface area contributed by atoms with Crippen molar-refractivity contribution in [3.8, 4) is 5.75 Å². The van der Waals surface area contributed by atoms with Gasteiger partial charge in [0.05, 0.1) is 25.3 Å². The lowest BCUT2D eigenvalue weighted by Crippen LogP contribution is -2.05. The Morgan fingerprint density at radius 1 is 1.47 bits per heavy atom. The van der Waals surface area contributed by atoms with Gasteiger partial charge in [-0.15, -0.1) is 11.6 Å². The lowest BCUT2D eigenvalue weighted by molar-refractivity contribution is -0.129. The van der Waals surface area contributed by atoms with Crippen LogP contribution in [0.1, 0.15) is 5.56 Å². The van der Waals surface area contributed by atoms with Gasteiger partial charge >= 0.3 is 5.97 Å². The summed E-state index contributed by atoms with van der Waals surface area (Å²) in [5, 5.41) is 0. The van der Waals surface area contributed by atoms with Crippen LogP contribution in [0, 0.1) is 0 Å². The SMILES string of the molecule is COC=CC(=O)Oc1ccccc1CCl. The zero-order valence-corrected chi connectivity index (χ0v) is 9.03. The smallest absolute Gasteiger partial charge is 0.339 e. The Morgan fingerprint density at radius 2 is 2.20 bits per heavy atom. The van der Waals surface area contributed by atoms with Gasteiger partial charge in [-0.25, -0.2) is 4.79 Å². The molecule has 3 nitrogen and oxygen atoms in total. The van der Waals surface area contributed by atoms with Gasteiger partial charge in [0.25, 0.3) is 0 Å². The number of halogens is 1. The number of carbonyl (C=O) groups is 1. The predicted molar refractivity (Wildman–Crippen MR) is 57.8 cm³/mol. The molecule has 0 aliphatic carbocycles. The van der Waals surface area contributed by atoms with Crippen molar-refractivity contribution < 1.29 is 14.3 Å². The minimum absolute atomic E-state index is 0.303. The average molecular weight is 227 g/mol. The summed E-state index contributed by atoms with van der Waals surface area (Å²) in [6.07, 6.45) is 2.46. The highest BCUT2D eigenvalue weighted by molar-refractivity contribution is 6.17. The molecule has 0 spiro atoms. The maximum absolute atomic E-state index is 11.2. The van der Waals surface area contributed by atoms with Crippen LogP contribution < -0.4 is 4.74 Å². The van der Waals surface area contributed by atoms with Gasteiger partial charge in [0.15, 0.2) is 0 Å². The number of hydrogen-bond donors (Lipinski definition) is 0. The number of alkyl halides is 1. The first-order valence-corrected chi connectivity index (χ1v) is 4.86. The highest BCUT2D eigenvalue weighted by Gasteiger charge is 2.05.